The topological polar surface area (TPSA) is 85.1 Å². The standard InChI is InChI=1S/C19H13N3O3S2/c1-11(23)17-14(12-6-3-2-4-7-12)21-19(27-17)22-18(24)15-16(25-10-20-15)13-8-5-9-26-13/h2-10H,1H3,(H,21,22,24). The van der Waals surface area contributed by atoms with Gasteiger partial charge >= 0.3 is 0 Å². The molecule has 0 bridgehead atoms. The maximum absolute atomic E-state index is 12.7. The van der Waals surface area contributed by atoms with Crippen LogP contribution >= 0.6 is 22.7 Å². The van der Waals surface area contributed by atoms with Gasteiger partial charge in [-0.2, -0.15) is 0 Å². The third kappa shape index (κ3) is 3.44. The van der Waals surface area contributed by atoms with Gasteiger partial charge in [0.15, 0.2) is 28.8 Å². The molecule has 27 heavy (non-hydrogen) atoms. The quantitative estimate of drug-likeness (QED) is 0.482. The van der Waals surface area contributed by atoms with Crippen LogP contribution in [0.4, 0.5) is 5.13 Å². The number of rotatable bonds is 5. The number of carbonyl (C=O) groups is 2. The minimum Gasteiger partial charge on any atom is -0.442 e. The van der Waals surface area contributed by atoms with Crippen LogP contribution in [0.1, 0.15) is 27.1 Å². The highest BCUT2D eigenvalue weighted by Gasteiger charge is 2.22. The molecule has 0 saturated carbocycles. The van der Waals surface area contributed by atoms with Gasteiger partial charge in [-0.25, -0.2) is 9.97 Å². The van der Waals surface area contributed by atoms with Gasteiger partial charge in [-0.15, -0.1) is 11.3 Å². The molecule has 6 nitrogen and oxygen atoms in total. The molecule has 4 aromatic rings. The van der Waals surface area contributed by atoms with E-state index in [-0.39, 0.29) is 11.5 Å². The predicted octanol–water partition coefficient (Wildman–Crippen LogP) is 4.98. The summed E-state index contributed by atoms with van der Waals surface area (Å²) in [7, 11) is 0. The molecule has 1 N–H and O–H groups in total. The number of Topliss-reactive ketones (excluding diaryl/α,β-unsaturated/α-hetero) is 1. The van der Waals surface area contributed by atoms with Gasteiger partial charge in [0, 0.05) is 12.5 Å². The molecule has 0 saturated heterocycles. The number of thiazole rings is 1. The minimum absolute atomic E-state index is 0.104. The molecule has 1 aromatic carbocycles. The first-order chi connectivity index (χ1) is 13.1. The van der Waals surface area contributed by atoms with E-state index in [2.05, 4.69) is 15.3 Å². The zero-order valence-electron chi connectivity index (χ0n) is 14.1. The van der Waals surface area contributed by atoms with Crippen LogP contribution < -0.4 is 5.32 Å². The van der Waals surface area contributed by atoms with Crippen molar-refractivity contribution in [1.82, 2.24) is 9.97 Å². The molecule has 0 atom stereocenters. The number of carbonyl (C=O) groups excluding carboxylic acids is 2. The molecule has 8 heteroatoms. The van der Waals surface area contributed by atoms with Crippen molar-refractivity contribution in [3.05, 3.63) is 64.8 Å². The van der Waals surface area contributed by atoms with Crippen LogP contribution in [0.15, 0.2) is 58.7 Å². The summed E-state index contributed by atoms with van der Waals surface area (Å²) in [6.07, 6.45) is 1.24. The Labute approximate surface area is 162 Å². The summed E-state index contributed by atoms with van der Waals surface area (Å²) in [5.74, 6) is -0.127. The van der Waals surface area contributed by atoms with E-state index in [4.69, 9.17) is 4.42 Å². The van der Waals surface area contributed by atoms with Crippen LogP contribution in [0.2, 0.25) is 0 Å². The fraction of sp³-hybridized carbons (Fsp3) is 0.0526. The Morgan fingerprint density at radius 3 is 2.63 bits per heavy atom. The molecule has 1 amide bonds. The number of hydrogen-bond acceptors (Lipinski definition) is 7. The zero-order valence-corrected chi connectivity index (χ0v) is 15.8. The normalized spacial score (nSPS) is 10.7. The van der Waals surface area contributed by atoms with Crippen molar-refractivity contribution in [2.75, 3.05) is 5.32 Å². The maximum Gasteiger partial charge on any atom is 0.280 e. The molecule has 3 aromatic heterocycles. The first-order valence-corrected chi connectivity index (χ1v) is 9.69. The third-order valence-corrected chi connectivity index (χ3v) is 5.68. The summed E-state index contributed by atoms with van der Waals surface area (Å²) in [5, 5.41) is 4.96. The Balaban J connectivity index is 1.65. The maximum atomic E-state index is 12.7. The highest BCUT2D eigenvalue weighted by molar-refractivity contribution is 7.18. The Morgan fingerprint density at radius 1 is 1.11 bits per heavy atom. The second kappa shape index (κ2) is 7.26. The molecule has 0 aliphatic rings. The molecule has 134 valence electrons. The van der Waals surface area contributed by atoms with Crippen molar-refractivity contribution in [3.63, 3.8) is 0 Å². The summed E-state index contributed by atoms with van der Waals surface area (Å²) in [4.78, 5) is 34.5. The number of benzene rings is 1. The van der Waals surface area contributed by atoms with Crippen molar-refractivity contribution >= 4 is 39.5 Å². The number of nitrogens with one attached hydrogen (secondary N) is 1. The second-order valence-corrected chi connectivity index (χ2v) is 7.53. The largest absolute Gasteiger partial charge is 0.442 e. The Morgan fingerprint density at radius 2 is 1.93 bits per heavy atom. The molecule has 0 unspecified atom stereocenters. The lowest BCUT2D eigenvalue weighted by molar-refractivity contribution is 0.101. The second-order valence-electron chi connectivity index (χ2n) is 5.58. The highest BCUT2D eigenvalue weighted by atomic mass is 32.1. The summed E-state index contributed by atoms with van der Waals surface area (Å²) < 4.78 is 5.37. The van der Waals surface area contributed by atoms with Crippen molar-refractivity contribution in [2.45, 2.75) is 6.92 Å². The predicted molar refractivity (Wildman–Crippen MR) is 105 cm³/mol. The Kier molecular flexibility index (Phi) is 4.66. The summed E-state index contributed by atoms with van der Waals surface area (Å²) >= 11 is 2.60. The van der Waals surface area contributed by atoms with Gasteiger partial charge in [0.05, 0.1) is 15.4 Å². The molecule has 0 spiro atoms. The lowest BCUT2D eigenvalue weighted by Crippen LogP contribution is -2.13. The first kappa shape index (κ1) is 17.3. The van der Waals surface area contributed by atoms with E-state index in [9.17, 15) is 9.59 Å². The van der Waals surface area contributed by atoms with Crippen molar-refractivity contribution in [3.8, 4) is 21.9 Å². The molecule has 4 rings (SSSR count). The molecular formula is C19H13N3O3S2. The lowest BCUT2D eigenvalue weighted by atomic mass is 10.1. The van der Waals surface area contributed by atoms with E-state index in [1.807, 2.05) is 47.8 Å². The number of anilines is 1. The summed E-state index contributed by atoms with van der Waals surface area (Å²) in [6.45, 7) is 1.48. The van der Waals surface area contributed by atoms with Gasteiger partial charge in [0.2, 0.25) is 0 Å². The van der Waals surface area contributed by atoms with Crippen LogP contribution in [0.3, 0.4) is 0 Å². The number of oxazole rings is 1. The smallest absolute Gasteiger partial charge is 0.280 e. The number of nitrogens with zero attached hydrogens (tertiary/aromatic N) is 2. The third-order valence-electron chi connectivity index (χ3n) is 3.74. The van der Waals surface area contributed by atoms with E-state index in [0.29, 0.717) is 21.5 Å². The van der Waals surface area contributed by atoms with E-state index in [1.54, 1.807) is 0 Å². The molecule has 0 radical (unpaired) electrons. The van der Waals surface area contributed by atoms with E-state index >= 15 is 0 Å². The average Bonchev–Trinajstić information content (AvgIpc) is 3.41. The summed E-state index contributed by atoms with van der Waals surface area (Å²) in [6, 6.07) is 13.1. The molecule has 0 aliphatic heterocycles. The number of aromatic nitrogens is 2. The van der Waals surface area contributed by atoms with Crippen molar-refractivity contribution in [2.24, 2.45) is 0 Å². The fourth-order valence-electron chi connectivity index (χ4n) is 2.55. The van der Waals surface area contributed by atoms with Crippen LogP contribution in [0.5, 0.6) is 0 Å². The number of thiophene rings is 1. The van der Waals surface area contributed by atoms with Gasteiger partial charge in [0.1, 0.15) is 0 Å². The van der Waals surface area contributed by atoms with Crippen LogP contribution in [0.25, 0.3) is 21.9 Å². The molecular weight excluding hydrogens is 382 g/mol. The number of hydrogen-bond donors (Lipinski definition) is 1. The Bertz CT molecular complexity index is 1100. The minimum atomic E-state index is -0.435. The van der Waals surface area contributed by atoms with Gasteiger partial charge in [-0.1, -0.05) is 47.7 Å². The molecule has 0 aliphatic carbocycles. The number of ketones is 1. The van der Waals surface area contributed by atoms with Gasteiger partial charge in [-0.05, 0) is 11.4 Å². The van der Waals surface area contributed by atoms with Crippen LogP contribution in [0, 0.1) is 0 Å². The Hall–Kier alpha value is -3.10. The van der Waals surface area contributed by atoms with Gasteiger partial charge in [0.25, 0.3) is 5.91 Å². The number of amides is 1. The van der Waals surface area contributed by atoms with E-state index < -0.39 is 5.91 Å². The highest BCUT2D eigenvalue weighted by Crippen LogP contribution is 2.33. The zero-order chi connectivity index (χ0) is 18.8. The molecule has 3 heterocycles. The van der Waals surface area contributed by atoms with Gasteiger partial charge in [-0.3, -0.25) is 14.9 Å². The van der Waals surface area contributed by atoms with Crippen molar-refractivity contribution < 1.29 is 14.0 Å². The summed E-state index contributed by atoms with van der Waals surface area (Å²) in [5.41, 5.74) is 1.56. The van der Waals surface area contributed by atoms with E-state index in [0.717, 1.165) is 21.8 Å². The lowest BCUT2D eigenvalue weighted by Gasteiger charge is -2.00. The SMILES string of the molecule is CC(=O)c1sc(NC(=O)c2ncoc2-c2cccs2)nc1-c1ccccc1. The monoisotopic (exact) mass is 395 g/mol. The average molecular weight is 395 g/mol. The van der Waals surface area contributed by atoms with Gasteiger partial charge < -0.3 is 4.42 Å². The molecule has 0 fully saturated rings. The van der Waals surface area contributed by atoms with Crippen molar-refractivity contribution in [1.29, 1.82) is 0 Å². The van der Waals surface area contributed by atoms with E-state index in [1.165, 1.54) is 24.7 Å². The first-order valence-electron chi connectivity index (χ1n) is 7.99. The van der Waals surface area contributed by atoms with Crippen LogP contribution in [-0.4, -0.2) is 21.7 Å². The van der Waals surface area contributed by atoms with Crippen LogP contribution in [-0.2, 0) is 0 Å². The fourth-order valence-corrected chi connectivity index (χ4v) is 4.14.